The van der Waals surface area contributed by atoms with E-state index in [9.17, 15) is 4.79 Å². The number of hydrogen-bond donors (Lipinski definition) is 0. The minimum absolute atomic E-state index is 0.221. The Morgan fingerprint density at radius 1 is 0.708 bits per heavy atom. The number of hydrogen-bond acceptors (Lipinski definition) is 6. The number of carbonyl (C=O) groups is 1. The van der Waals surface area contributed by atoms with Crippen LogP contribution in [0.5, 0.6) is 0 Å². The van der Waals surface area contributed by atoms with Gasteiger partial charge in [-0.15, -0.1) is 11.6 Å². The molecule has 0 bridgehead atoms. The van der Waals surface area contributed by atoms with Crippen molar-refractivity contribution >= 4 is 17.6 Å². The number of esters is 1. The molecule has 0 aliphatic rings. The molecule has 0 saturated heterocycles. The Morgan fingerprint density at radius 3 is 1.67 bits per heavy atom. The fraction of sp³-hybridized carbons (Fsp3) is 0.588. The molecule has 0 unspecified atom stereocenters. The van der Waals surface area contributed by atoms with Crippen LogP contribution in [0.15, 0.2) is 30.3 Å². The molecule has 0 N–H and O–H groups in total. The summed E-state index contributed by atoms with van der Waals surface area (Å²) in [6.07, 6.45) is 0. The van der Waals surface area contributed by atoms with E-state index in [1.807, 2.05) is 6.07 Å². The zero-order valence-electron chi connectivity index (χ0n) is 13.8. The van der Waals surface area contributed by atoms with E-state index >= 15 is 0 Å². The molecule has 0 aliphatic heterocycles. The summed E-state index contributed by atoms with van der Waals surface area (Å²) in [4.78, 5) is 11.6. The maximum Gasteiger partial charge on any atom is 0.338 e. The molecule has 136 valence electrons. The summed E-state index contributed by atoms with van der Waals surface area (Å²) < 4.78 is 26.2. The van der Waals surface area contributed by atoms with Crippen LogP contribution in [0.1, 0.15) is 10.4 Å². The standard InChI is InChI=1S/C17H25ClO6/c18-6-7-20-8-9-21-10-11-22-12-13-23-14-15-24-17(19)16-4-2-1-3-5-16/h1-5H,6-15H2. The van der Waals surface area contributed by atoms with Gasteiger partial charge >= 0.3 is 5.97 Å². The van der Waals surface area contributed by atoms with Gasteiger partial charge in [0.25, 0.3) is 0 Å². The van der Waals surface area contributed by atoms with Crippen LogP contribution in [0.3, 0.4) is 0 Å². The van der Waals surface area contributed by atoms with E-state index in [0.717, 1.165) is 0 Å². The molecule has 0 spiro atoms. The summed E-state index contributed by atoms with van der Waals surface area (Å²) in [5.41, 5.74) is 0.536. The molecule has 0 saturated carbocycles. The number of carbonyl (C=O) groups excluding carboxylic acids is 1. The second-order valence-corrected chi connectivity index (χ2v) is 5.02. The van der Waals surface area contributed by atoms with E-state index in [1.165, 1.54) is 0 Å². The number of ether oxygens (including phenoxy) is 5. The van der Waals surface area contributed by atoms with E-state index in [4.69, 9.17) is 35.3 Å². The van der Waals surface area contributed by atoms with Gasteiger partial charge in [0.05, 0.1) is 58.4 Å². The molecule has 6 nitrogen and oxygen atoms in total. The van der Waals surface area contributed by atoms with Crippen LogP contribution >= 0.6 is 11.6 Å². The van der Waals surface area contributed by atoms with Crippen LogP contribution in [0.2, 0.25) is 0 Å². The van der Waals surface area contributed by atoms with Crippen molar-refractivity contribution in [2.45, 2.75) is 0 Å². The van der Waals surface area contributed by atoms with Crippen molar-refractivity contribution in [3.8, 4) is 0 Å². The summed E-state index contributed by atoms with van der Waals surface area (Å²) in [6, 6.07) is 8.86. The number of benzene rings is 1. The van der Waals surface area contributed by atoms with Crippen molar-refractivity contribution < 1.29 is 28.5 Å². The Morgan fingerprint density at radius 2 is 1.17 bits per heavy atom. The Balaban J connectivity index is 1.80. The van der Waals surface area contributed by atoms with Gasteiger partial charge in [-0.3, -0.25) is 0 Å². The fourth-order valence-electron chi connectivity index (χ4n) is 1.67. The molecular formula is C17H25ClO6. The maximum atomic E-state index is 11.6. The average Bonchev–Trinajstić information content (AvgIpc) is 2.62. The molecule has 0 fully saturated rings. The summed E-state index contributed by atoms with van der Waals surface area (Å²) in [6.45, 7) is 4.11. The van der Waals surface area contributed by atoms with Crippen molar-refractivity contribution in [3.63, 3.8) is 0 Å². The quantitative estimate of drug-likeness (QED) is 0.271. The molecule has 0 amide bonds. The molecule has 1 aromatic carbocycles. The molecule has 0 radical (unpaired) electrons. The van der Waals surface area contributed by atoms with E-state index in [-0.39, 0.29) is 12.6 Å². The van der Waals surface area contributed by atoms with E-state index in [0.29, 0.717) is 64.3 Å². The van der Waals surface area contributed by atoms with Gasteiger partial charge in [0.2, 0.25) is 0 Å². The lowest BCUT2D eigenvalue weighted by molar-refractivity contribution is -0.00795. The third-order valence-electron chi connectivity index (χ3n) is 2.81. The van der Waals surface area contributed by atoms with E-state index in [2.05, 4.69) is 0 Å². The Labute approximate surface area is 147 Å². The minimum Gasteiger partial charge on any atom is -0.460 e. The first-order valence-electron chi connectivity index (χ1n) is 7.93. The third-order valence-corrected chi connectivity index (χ3v) is 2.96. The van der Waals surface area contributed by atoms with Crippen LogP contribution in [0.4, 0.5) is 0 Å². The average molecular weight is 361 g/mol. The van der Waals surface area contributed by atoms with Gasteiger partial charge in [-0.1, -0.05) is 18.2 Å². The van der Waals surface area contributed by atoms with Gasteiger partial charge < -0.3 is 23.7 Å². The van der Waals surface area contributed by atoms with Crippen molar-refractivity contribution in [1.82, 2.24) is 0 Å². The van der Waals surface area contributed by atoms with Crippen molar-refractivity contribution in [1.29, 1.82) is 0 Å². The molecule has 1 aromatic rings. The second kappa shape index (κ2) is 15.4. The second-order valence-electron chi connectivity index (χ2n) is 4.64. The van der Waals surface area contributed by atoms with Gasteiger partial charge in [-0.05, 0) is 12.1 Å². The summed E-state index contributed by atoms with van der Waals surface area (Å²) >= 11 is 5.47. The molecule has 24 heavy (non-hydrogen) atoms. The van der Waals surface area contributed by atoms with Crippen molar-refractivity contribution in [3.05, 3.63) is 35.9 Å². The van der Waals surface area contributed by atoms with Crippen molar-refractivity contribution in [2.75, 3.05) is 65.3 Å². The van der Waals surface area contributed by atoms with Crippen molar-refractivity contribution in [2.24, 2.45) is 0 Å². The van der Waals surface area contributed by atoms with E-state index < -0.39 is 0 Å². The normalized spacial score (nSPS) is 10.7. The molecule has 1 rings (SSSR count). The number of halogens is 1. The summed E-state index contributed by atoms with van der Waals surface area (Å²) in [7, 11) is 0. The van der Waals surface area contributed by atoms with Crippen LogP contribution in [0, 0.1) is 0 Å². The topological polar surface area (TPSA) is 63.2 Å². The van der Waals surface area contributed by atoms with Gasteiger partial charge in [0, 0.05) is 5.88 Å². The van der Waals surface area contributed by atoms with Gasteiger partial charge in [0.1, 0.15) is 6.61 Å². The lowest BCUT2D eigenvalue weighted by Gasteiger charge is -2.07. The maximum absolute atomic E-state index is 11.6. The molecule has 0 atom stereocenters. The molecular weight excluding hydrogens is 336 g/mol. The molecule has 7 heteroatoms. The van der Waals surface area contributed by atoms with Crippen LogP contribution in [0.25, 0.3) is 0 Å². The highest BCUT2D eigenvalue weighted by atomic mass is 35.5. The molecule has 0 aromatic heterocycles. The lowest BCUT2D eigenvalue weighted by atomic mass is 10.2. The zero-order chi connectivity index (χ0) is 17.3. The van der Waals surface area contributed by atoms with Crippen LogP contribution < -0.4 is 0 Å². The molecule has 0 heterocycles. The van der Waals surface area contributed by atoms with E-state index in [1.54, 1.807) is 24.3 Å². The predicted octanol–water partition coefficient (Wildman–Crippen LogP) is 2.15. The number of alkyl halides is 1. The highest BCUT2D eigenvalue weighted by Crippen LogP contribution is 2.00. The Hall–Kier alpha value is -1.18. The first kappa shape index (κ1) is 20.9. The monoisotopic (exact) mass is 360 g/mol. The Kier molecular flexibility index (Phi) is 13.3. The number of rotatable bonds is 15. The van der Waals surface area contributed by atoms with Gasteiger partial charge in [-0.2, -0.15) is 0 Å². The highest BCUT2D eigenvalue weighted by Gasteiger charge is 2.04. The largest absolute Gasteiger partial charge is 0.460 e. The van der Waals surface area contributed by atoms with Gasteiger partial charge in [-0.25, -0.2) is 4.79 Å². The predicted molar refractivity (Wildman–Crippen MR) is 90.7 cm³/mol. The lowest BCUT2D eigenvalue weighted by Crippen LogP contribution is -2.14. The fourth-order valence-corrected chi connectivity index (χ4v) is 1.78. The highest BCUT2D eigenvalue weighted by molar-refractivity contribution is 6.17. The molecule has 0 aliphatic carbocycles. The Bertz CT molecular complexity index is 415. The summed E-state index contributed by atoms with van der Waals surface area (Å²) in [5, 5.41) is 0. The summed E-state index contributed by atoms with van der Waals surface area (Å²) in [5.74, 6) is 0.150. The van der Waals surface area contributed by atoms with Gasteiger partial charge in [0.15, 0.2) is 0 Å². The first-order valence-corrected chi connectivity index (χ1v) is 8.47. The third kappa shape index (κ3) is 11.4. The first-order chi connectivity index (χ1) is 11.8. The SMILES string of the molecule is O=C(OCCOCCOCCOCCOCCCl)c1ccccc1. The van der Waals surface area contributed by atoms with Crippen LogP contribution in [-0.4, -0.2) is 71.3 Å². The zero-order valence-corrected chi connectivity index (χ0v) is 14.5. The van der Waals surface area contributed by atoms with Crippen LogP contribution in [-0.2, 0) is 23.7 Å². The smallest absolute Gasteiger partial charge is 0.338 e. The minimum atomic E-state index is -0.345.